The second-order valence-corrected chi connectivity index (χ2v) is 6.68. The van der Waals surface area contributed by atoms with Gasteiger partial charge in [-0.05, 0) is 61.7 Å². The van der Waals surface area contributed by atoms with E-state index in [-0.39, 0.29) is 18.7 Å². The topological polar surface area (TPSA) is 35.5 Å². The average Bonchev–Trinajstić information content (AvgIpc) is 3.16. The van der Waals surface area contributed by atoms with Crippen molar-refractivity contribution >= 4 is 5.97 Å². The molecular weight excluding hydrogens is 240 g/mol. The number of hydrogen-bond donors (Lipinski definition) is 0. The van der Waals surface area contributed by atoms with Crippen molar-refractivity contribution in [1.82, 2.24) is 0 Å². The lowest BCUT2D eigenvalue weighted by Crippen LogP contribution is -2.35. The zero-order valence-electron chi connectivity index (χ0n) is 11.5. The molecular formula is C16H22O3. The van der Waals surface area contributed by atoms with Crippen LogP contribution in [0.1, 0.15) is 26.2 Å². The number of esters is 1. The SMILES string of the molecule is CCOCOC(=O)C1CC2CC1C1C3C=CC(C3)C21. The Morgan fingerprint density at radius 3 is 2.74 bits per heavy atom. The zero-order chi connectivity index (χ0) is 13.0. The molecule has 7 unspecified atom stereocenters. The monoisotopic (exact) mass is 262 g/mol. The number of rotatable bonds is 4. The Hall–Kier alpha value is -0.830. The minimum atomic E-state index is -0.00819. The van der Waals surface area contributed by atoms with Crippen molar-refractivity contribution in [3.63, 3.8) is 0 Å². The molecule has 0 spiro atoms. The van der Waals surface area contributed by atoms with Crippen LogP contribution in [0.4, 0.5) is 0 Å². The molecule has 3 nitrogen and oxygen atoms in total. The molecule has 3 fully saturated rings. The maximum Gasteiger partial charge on any atom is 0.311 e. The highest BCUT2D eigenvalue weighted by atomic mass is 16.7. The number of ether oxygens (including phenoxy) is 2. The predicted molar refractivity (Wildman–Crippen MR) is 70.0 cm³/mol. The molecule has 3 saturated carbocycles. The summed E-state index contributed by atoms with van der Waals surface area (Å²) in [4.78, 5) is 12.2. The minimum Gasteiger partial charge on any atom is -0.438 e. The molecule has 4 aliphatic rings. The fraction of sp³-hybridized carbons (Fsp3) is 0.812. The first-order valence-electron chi connectivity index (χ1n) is 7.72. The maximum atomic E-state index is 12.2. The van der Waals surface area contributed by atoms with Crippen molar-refractivity contribution in [1.29, 1.82) is 0 Å². The Morgan fingerprint density at radius 2 is 1.95 bits per heavy atom. The van der Waals surface area contributed by atoms with E-state index in [1.807, 2.05) is 6.92 Å². The Bertz CT molecular complexity index is 416. The molecule has 4 rings (SSSR count). The van der Waals surface area contributed by atoms with E-state index in [2.05, 4.69) is 12.2 Å². The van der Waals surface area contributed by atoms with E-state index in [0.29, 0.717) is 12.5 Å². The molecule has 4 bridgehead atoms. The fourth-order valence-electron chi connectivity index (χ4n) is 5.58. The quantitative estimate of drug-likeness (QED) is 0.257. The molecule has 0 N–H and O–H groups in total. The van der Waals surface area contributed by atoms with E-state index >= 15 is 0 Å². The third kappa shape index (κ3) is 1.63. The summed E-state index contributed by atoms with van der Waals surface area (Å²) in [5.41, 5.74) is 0. The van der Waals surface area contributed by atoms with Gasteiger partial charge in [-0.25, -0.2) is 0 Å². The lowest BCUT2D eigenvalue weighted by atomic mass is 9.69. The van der Waals surface area contributed by atoms with Crippen LogP contribution < -0.4 is 0 Å². The van der Waals surface area contributed by atoms with Crippen molar-refractivity contribution in [3.8, 4) is 0 Å². The second-order valence-electron chi connectivity index (χ2n) is 6.68. The molecule has 0 aliphatic heterocycles. The molecule has 19 heavy (non-hydrogen) atoms. The zero-order valence-corrected chi connectivity index (χ0v) is 11.5. The Labute approximate surface area is 114 Å². The maximum absolute atomic E-state index is 12.2. The third-order valence-corrected chi connectivity index (χ3v) is 6.06. The van der Waals surface area contributed by atoms with Crippen LogP contribution >= 0.6 is 0 Å². The smallest absolute Gasteiger partial charge is 0.311 e. The normalized spacial score (nSPS) is 48.8. The fourth-order valence-corrected chi connectivity index (χ4v) is 5.58. The van der Waals surface area contributed by atoms with Crippen molar-refractivity contribution in [2.75, 3.05) is 13.4 Å². The number of fused-ring (bicyclic) bond motifs is 9. The van der Waals surface area contributed by atoms with Gasteiger partial charge in [0.15, 0.2) is 6.79 Å². The molecule has 104 valence electrons. The van der Waals surface area contributed by atoms with E-state index in [1.54, 1.807) is 0 Å². The summed E-state index contributed by atoms with van der Waals surface area (Å²) >= 11 is 0. The van der Waals surface area contributed by atoms with Crippen LogP contribution in [0.15, 0.2) is 12.2 Å². The standard InChI is InChI=1S/C16H22O3/c1-2-18-8-19-16(17)13-7-11-6-12(13)15-10-4-3-9(5-10)14(11)15/h3-4,9-15H,2,5-8H2,1H3. The van der Waals surface area contributed by atoms with Gasteiger partial charge < -0.3 is 9.47 Å². The summed E-state index contributed by atoms with van der Waals surface area (Å²) in [6, 6.07) is 0. The van der Waals surface area contributed by atoms with E-state index < -0.39 is 0 Å². The van der Waals surface area contributed by atoms with Gasteiger partial charge >= 0.3 is 5.97 Å². The van der Waals surface area contributed by atoms with E-state index in [1.165, 1.54) is 12.8 Å². The molecule has 4 aliphatic carbocycles. The second kappa shape index (κ2) is 4.34. The summed E-state index contributed by atoms with van der Waals surface area (Å²) in [7, 11) is 0. The molecule has 0 aromatic carbocycles. The van der Waals surface area contributed by atoms with Crippen LogP contribution in [0.2, 0.25) is 0 Å². The number of carbonyl (C=O) groups excluding carboxylic acids is 1. The molecule has 3 heteroatoms. The molecule has 0 amide bonds. The van der Waals surface area contributed by atoms with Crippen molar-refractivity contribution in [2.45, 2.75) is 26.2 Å². The van der Waals surface area contributed by atoms with Crippen LogP contribution in [0.25, 0.3) is 0 Å². The first-order chi connectivity index (χ1) is 9.29. The molecule has 0 aromatic rings. The van der Waals surface area contributed by atoms with Gasteiger partial charge in [0, 0.05) is 6.61 Å². The summed E-state index contributed by atoms with van der Waals surface area (Å²) in [6.45, 7) is 2.64. The van der Waals surface area contributed by atoms with Gasteiger partial charge in [0.1, 0.15) is 0 Å². The van der Waals surface area contributed by atoms with Crippen LogP contribution in [0.3, 0.4) is 0 Å². The first-order valence-corrected chi connectivity index (χ1v) is 7.72. The number of hydrogen-bond acceptors (Lipinski definition) is 3. The minimum absolute atomic E-state index is 0.00819. The highest BCUT2D eigenvalue weighted by Gasteiger charge is 2.62. The van der Waals surface area contributed by atoms with Crippen molar-refractivity contribution in [2.24, 2.45) is 41.4 Å². The van der Waals surface area contributed by atoms with E-state index in [4.69, 9.17) is 9.47 Å². The summed E-state index contributed by atoms with van der Waals surface area (Å²) in [5.74, 6) is 4.75. The van der Waals surface area contributed by atoms with Gasteiger partial charge in [-0.1, -0.05) is 12.2 Å². The summed E-state index contributed by atoms with van der Waals surface area (Å²) < 4.78 is 10.4. The van der Waals surface area contributed by atoms with Gasteiger partial charge in [-0.2, -0.15) is 0 Å². The largest absolute Gasteiger partial charge is 0.438 e. The van der Waals surface area contributed by atoms with Crippen LogP contribution in [-0.2, 0) is 14.3 Å². The van der Waals surface area contributed by atoms with E-state index in [0.717, 1.165) is 36.0 Å². The highest BCUT2D eigenvalue weighted by Crippen LogP contribution is 2.67. The van der Waals surface area contributed by atoms with Gasteiger partial charge in [-0.3, -0.25) is 4.79 Å². The Balaban J connectivity index is 1.45. The van der Waals surface area contributed by atoms with Gasteiger partial charge in [-0.15, -0.1) is 0 Å². The molecule has 0 radical (unpaired) electrons. The summed E-state index contributed by atoms with van der Waals surface area (Å²) in [5, 5.41) is 0. The first kappa shape index (κ1) is 12.0. The Morgan fingerprint density at radius 1 is 1.16 bits per heavy atom. The lowest BCUT2D eigenvalue weighted by Gasteiger charge is -2.35. The molecule has 0 saturated heterocycles. The van der Waals surface area contributed by atoms with Gasteiger partial charge in [0.05, 0.1) is 5.92 Å². The van der Waals surface area contributed by atoms with Crippen LogP contribution in [0.5, 0.6) is 0 Å². The van der Waals surface area contributed by atoms with Gasteiger partial charge in [0.25, 0.3) is 0 Å². The van der Waals surface area contributed by atoms with Gasteiger partial charge in [0.2, 0.25) is 0 Å². The average molecular weight is 262 g/mol. The molecule has 0 aromatic heterocycles. The predicted octanol–water partition coefficient (Wildman–Crippen LogP) is 2.62. The highest BCUT2D eigenvalue weighted by molar-refractivity contribution is 5.73. The third-order valence-electron chi connectivity index (χ3n) is 6.06. The summed E-state index contributed by atoms with van der Waals surface area (Å²) in [6.07, 6.45) is 8.53. The van der Waals surface area contributed by atoms with Crippen molar-refractivity contribution < 1.29 is 14.3 Å². The molecule has 0 heterocycles. The molecule has 7 atom stereocenters. The number of allylic oxidation sites excluding steroid dienone is 2. The van der Waals surface area contributed by atoms with E-state index in [9.17, 15) is 4.79 Å². The Kier molecular flexibility index (Phi) is 2.73. The van der Waals surface area contributed by atoms with Crippen LogP contribution in [0, 0.1) is 41.4 Å². The van der Waals surface area contributed by atoms with Crippen molar-refractivity contribution in [3.05, 3.63) is 12.2 Å². The lowest BCUT2D eigenvalue weighted by molar-refractivity contribution is -0.164. The number of carbonyl (C=O) groups is 1. The van der Waals surface area contributed by atoms with Crippen LogP contribution in [-0.4, -0.2) is 19.4 Å².